The van der Waals surface area contributed by atoms with E-state index in [-0.39, 0.29) is 11.4 Å². The monoisotopic (exact) mass is 432 g/mol. The smallest absolute Gasteiger partial charge is 0.296 e. The highest BCUT2D eigenvalue weighted by Crippen LogP contribution is 2.32. The Kier molecular flexibility index (Phi) is 6.21. The van der Waals surface area contributed by atoms with Crippen LogP contribution in [0.25, 0.3) is 17.4 Å². The van der Waals surface area contributed by atoms with E-state index < -0.39 is 10.8 Å². The number of benzene rings is 2. The number of hydrogen-bond acceptors (Lipinski definition) is 5. The first-order valence-electron chi connectivity index (χ1n) is 8.24. The zero-order chi connectivity index (χ0) is 21.0. The van der Waals surface area contributed by atoms with Crippen molar-refractivity contribution in [3.8, 4) is 17.1 Å². The minimum atomic E-state index is -0.601. The molecule has 9 heteroatoms. The van der Waals surface area contributed by atoms with Crippen molar-refractivity contribution in [1.29, 1.82) is 0 Å². The Morgan fingerprint density at radius 2 is 1.97 bits per heavy atom. The molecule has 0 aliphatic heterocycles. The first kappa shape index (κ1) is 20.4. The van der Waals surface area contributed by atoms with Crippen LogP contribution in [0.1, 0.15) is 5.76 Å². The fourth-order valence-electron chi connectivity index (χ4n) is 2.50. The number of nitrogens with zero attached hydrogens (tertiary/aromatic N) is 1. The van der Waals surface area contributed by atoms with Gasteiger partial charge in [-0.2, -0.15) is 0 Å². The van der Waals surface area contributed by atoms with Gasteiger partial charge in [0, 0.05) is 16.7 Å². The van der Waals surface area contributed by atoms with E-state index in [0.717, 1.165) is 0 Å². The molecule has 0 bridgehead atoms. The fraction of sp³-hybridized carbons (Fsp3) is 0.0500. The topological polar surface area (TPSA) is 94.6 Å². The summed E-state index contributed by atoms with van der Waals surface area (Å²) in [5.74, 6) is 0.679. The molecule has 0 spiro atoms. The third-order valence-corrected chi connectivity index (χ3v) is 4.43. The Bertz CT molecular complexity index is 1110. The van der Waals surface area contributed by atoms with Crippen molar-refractivity contribution in [2.45, 2.75) is 0 Å². The van der Waals surface area contributed by atoms with Crippen LogP contribution in [-0.4, -0.2) is 17.9 Å². The summed E-state index contributed by atoms with van der Waals surface area (Å²) in [5.41, 5.74) is 0.441. The number of nitro groups is 1. The van der Waals surface area contributed by atoms with Crippen molar-refractivity contribution < 1.29 is 18.9 Å². The molecule has 0 unspecified atom stereocenters. The van der Waals surface area contributed by atoms with Crippen molar-refractivity contribution in [1.82, 2.24) is 0 Å². The lowest BCUT2D eigenvalue weighted by molar-refractivity contribution is -0.384. The molecule has 1 aromatic heterocycles. The second-order valence-corrected chi connectivity index (χ2v) is 6.63. The van der Waals surface area contributed by atoms with Gasteiger partial charge in [0.05, 0.1) is 23.1 Å². The van der Waals surface area contributed by atoms with E-state index >= 15 is 0 Å². The van der Waals surface area contributed by atoms with E-state index in [4.69, 9.17) is 32.4 Å². The molecule has 1 amide bonds. The molecule has 0 saturated heterocycles. The number of amides is 1. The summed E-state index contributed by atoms with van der Waals surface area (Å²) in [7, 11) is 1.40. The number of anilines is 1. The van der Waals surface area contributed by atoms with Crippen LogP contribution in [0.4, 0.5) is 11.4 Å². The standard InChI is InChI=1S/C20H14Cl2N2O5/c1-28-14-3-7-17(18(11-14)24(26)27)23-20(25)9-5-13-4-8-19(29-13)15-6-2-12(21)10-16(15)22/h2-11H,1H3,(H,23,25)/b9-5+. The molecule has 0 radical (unpaired) electrons. The summed E-state index contributed by atoms with van der Waals surface area (Å²) < 4.78 is 10.6. The van der Waals surface area contributed by atoms with Gasteiger partial charge in [-0.15, -0.1) is 0 Å². The van der Waals surface area contributed by atoms with Crippen LogP contribution >= 0.6 is 23.2 Å². The Morgan fingerprint density at radius 3 is 2.66 bits per heavy atom. The molecular weight excluding hydrogens is 419 g/mol. The highest BCUT2D eigenvalue weighted by molar-refractivity contribution is 6.36. The number of carbonyl (C=O) groups is 1. The van der Waals surface area contributed by atoms with Gasteiger partial charge in [0.25, 0.3) is 5.69 Å². The molecule has 29 heavy (non-hydrogen) atoms. The second-order valence-electron chi connectivity index (χ2n) is 5.79. The maximum Gasteiger partial charge on any atom is 0.296 e. The van der Waals surface area contributed by atoms with Crippen LogP contribution in [0.15, 0.2) is 59.0 Å². The molecule has 0 saturated carbocycles. The third-order valence-electron chi connectivity index (χ3n) is 3.88. The quantitative estimate of drug-likeness (QED) is 0.300. The van der Waals surface area contributed by atoms with Crippen molar-refractivity contribution in [3.05, 3.63) is 80.5 Å². The fourth-order valence-corrected chi connectivity index (χ4v) is 3.01. The van der Waals surface area contributed by atoms with E-state index in [1.807, 2.05) is 0 Å². The number of nitro benzene ring substituents is 1. The highest BCUT2D eigenvalue weighted by Gasteiger charge is 2.16. The van der Waals surface area contributed by atoms with E-state index in [9.17, 15) is 14.9 Å². The van der Waals surface area contributed by atoms with Gasteiger partial charge in [-0.05, 0) is 48.5 Å². The number of ether oxygens (including phenoxy) is 1. The molecule has 0 aliphatic rings. The van der Waals surface area contributed by atoms with E-state index in [2.05, 4.69) is 5.32 Å². The minimum Gasteiger partial charge on any atom is -0.496 e. The van der Waals surface area contributed by atoms with Crippen LogP contribution in [-0.2, 0) is 4.79 Å². The Hall–Kier alpha value is -3.29. The lowest BCUT2D eigenvalue weighted by Crippen LogP contribution is -2.09. The largest absolute Gasteiger partial charge is 0.496 e. The number of carbonyl (C=O) groups excluding carboxylic acids is 1. The lowest BCUT2D eigenvalue weighted by atomic mass is 10.2. The molecule has 148 valence electrons. The predicted molar refractivity (Wildman–Crippen MR) is 111 cm³/mol. The first-order chi connectivity index (χ1) is 13.9. The van der Waals surface area contributed by atoms with Crippen molar-refractivity contribution in [2.24, 2.45) is 0 Å². The maximum absolute atomic E-state index is 12.2. The molecule has 0 aliphatic carbocycles. The highest BCUT2D eigenvalue weighted by atomic mass is 35.5. The zero-order valence-electron chi connectivity index (χ0n) is 15.0. The van der Waals surface area contributed by atoms with Crippen LogP contribution in [0.3, 0.4) is 0 Å². The number of halogens is 2. The third kappa shape index (κ3) is 4.96. The molecule has 3 rings (SSSR count). The SMILES string of the molecule is COc1ccc(NC(=O)/C=C/c2ccc(-c3ccc(Cl)cc3Cl)o2)c([N+](=O)[O-])c1. The van der Waals surface area contributed by atoms with Crippen LogP contribution in [0.2, 0.25) is 10.0 Å². The van der Waals surface area contributed by atoms with Gasteiger partial charge in [-0.1, -0.05) is 23.2 Å². The zero-order valence-corrected chi connectivity index (χ0v) is 16.5. The van der Waals surface area contributed by atoms with Gasteiger partial charge in [-0.25, -0.2) is 0 Å². The summed E-state index contributed by atoms with van der Waals surface area (Å²) in [5, 5.41) is 14.6. The number of methoxy groups -OCH3 is 1. The molecule has 1 N–H and O–H groups in total. The van der Waals surface area contributed by atoms with Gasteiger partial charge in [0.1, 0.15) is 23.0 Å². The van der Waals surface area contributed by atoms with Crippen LogP contribution in [0, 0.1) is 10.1 Å². The minimum absolute atomic E-state index is 0.0542. The summed E-state index contributed by atoms with van der Waals surface area (Å²) >= 11 is 12.1. The molecule has 7 nitrogen and oxygen atoms in total. The molecular formula is C20H14Cl2N2O5. The molecule has 3 aromatic rings. The van der Waals surface area contributed by atoms with E-state index in [1.165, 1.54) is 37.5 Å². The maximum atomic E-state index is 12.2. The summed E-state index contributed by atoms with van der Waals surface area (Å²) in [4.78, 5) is 22.7. The van der Waals surface area contributed by atoms with Crippen molar-refractivity contribution in [3.63, 3.8) is 0 Å². The normalized spacial score (nSPS) is 10.9. The molecule has 0 fully saturated rings. The molecule has 2 aromatic carbocycles. The van der Waals surface area contributed by atoms with E-state index in [0.29, 0.717) is 32.9 Å². The first-order valence-corrected chi connectivity index (χ1v) is 8.99. The van der Waals surface area contributed by atoms with Crippen LogP contribution < -0.4 is 10.1 Å². The number of rotatable bonds is 6. The second kappa shape index (κ2) is 8.81. The Labute approximate surface area is 175 Å². The van der Waals surface area contributed by atoms with Gasteiger partial charge >= 0.3 is 0 Å². The molecule has 1 heterocycles. The van der Waals surface area contributed by atoms with Gasteiger partial charge in [-0.3, -0.25) is 14.9 Å². The van der Waals surface area contributed by atoms with Crippen molar-refractivity contribution >= 4 is 46.6 Å². The number of hydrogen-bond donors (Lipinski definition) is 1. The summed E-state index contributed by atoms with van der Waals surface area (Å²) in [6.45, 7) is 0. The van der Waals surface area contributed by atoms with Crippen molar-refractivity contribution in [2.75, 3.05) is 12.4 Å². The van der Waals surface area contributed by atoms with Gasteiger partial charge < -0.3 is 14.5 Å². The number of nitrogens with one attached hydrogen (secondary N) is 1. The van der Waals surface area contributed by atoms with Gasteiger partial charge in [0.2, 0.25) is 5.91 Å². The predicted octanol–water partition coefficient (Wildman–Crippen LogP) is 5.82. The average Bonchev–Trinajstić information content (AvgIpc) is 3.15. The summed E-state index contributed by atoms with van der Waals surface area (Å²) in [6, 6.07) is 12.5. The van der Waals surface area contributed by atoms with Crippen LogP contribution in [0.5, 0.6) is 5.75 Å². The Morgan fingerprint density at radius 1 is 1.17 bits per heavy atom. The lowest BCUT2D eigenvalue weighted by Gasteiger charge is -2.05. The van der Waals surface area contributed by atoms with E-state index in [1.54, 1.807) is 30.3 Å². The average molecular weight is 433 g/mol. The number of furan rings is 1. The Balaban J connectivity index is 1.74. The molecule has 0 atom stereocenters. The summed E-state index contributed by atoms with van der Waals surface area (Å²) in [6.07, 6.45) is 2.65. The van der Waals surface area contributed by atoms with Gasteiger partial charge in [0.15, 0.2) is 0 Å².